The molecule has 0 aliphatic rings. The zero-order chi connectivity index (χ0) is 20.8. The minimum absolute atomic E-state index is 0.0376. The highest BCUT2D eigenvalue weighted by Crippen LogP contribution is 2.35. The number of amides is 1. The topological polar surface area (TPSA) is 104 Å². The fraction of sp³-hybridized carbons (Fsp3) is 0.100. The van der Waals surface area contributed by atoms with Crippen molar-refractivity contribution in [3.05, 3.63) is 69.6 Å². The van der Waals surface area contributed by atoms with E-state index in [1.54, 1.807) is 43.9 Å². The molecular weight excluding hydrogens is 394 g/mol. The predicted octanol–water partition coefficient (Wildman–Crippen LogP) is 4.39. The van der Waals surface area contributed by atoms with Crippen molar-refractivity contribution >= 4 is 34.1 Å². The van der Waals surface area contributed by atoms with Gasteiger partial charge in [-0.15, -0.1) is 11.3 Å². The van der Waals surface area contributed by atoms with Gasteiger partial charge in [0.2, 0.25) is 5.91 Å². The monoisotopic (exact) mass is 411 g/mol. The van der Waals surface area contributed by atoms with E-state index in [1.807, 2.05) is 6.07 Å². The van der Waals surface area contributed by atoms with Gasteiger partial charge in [0.1, 0.15) is 11.5 Å². The van der Waals surface area contributed by atoms with Gasteiger partial charge in [0.05, 0.1) is 24.8 Å². The maximum absolute atomic E-state index is 12.2. The van der Waals surface area contributed by atoms with E-state index in [9.17, 15) is 14.9 Å². The van der Waals surface area contributed by atoms with Crippen molar-refractivity contribution in [2.24, 2.45) is 0 Å². The number of nitro groups is 1. The van der Waals surface area contributed by atoms with Gasteiger partial charge in [0.25, 0.3) is 5.69 Å². The van der Waals surface area contributed by atoms with Crippen molar-refractivity contribution in [2.45, 2.75) is 0 Å². The van der Waals surface area contributed by atoms with Crippen LogP contribution >= 0.6 is 11.3 Å². The number of methoxy groups -OCH3 is 2. The summed E-state index contributed by atoms with van der Waals surface area (Å²) in [4.78, 5) is 26.9. The van der Waals surface area contributed by atoms with Gasteiger partial charge >= 0.3 is 0 Å². The van der Waals surface area contributed by atoms with Gasteiger partial charge in [0.15, 0.2) is 5.13 Å². The van der Waals surface area contributed by atoms with Crippen LogP contribution in [0.25, 0.3) is 17.3 Å². The summed E-state index contributed by atoms with van der Waals surface area (Å²) in [5.41, 5.74) is 1.90. The SMILES string of the molecule is COc1ccc(OC)c(-c2csc(NC(=O)C=Cc3cccc([N+](=O)[O-])c3)n2)c1. The second-order valence-corrected chi connectivity index (χ2v) is 6.64. The van der Waals surface area contributed by atoms with Crippen LogP contribution in [0.1, 0.15) is 5.56 Å². The summed E-state index contributed by atoms with van der Waals surface area (Å²) in [6.07, 6.45) is 2.80. The molecule has 0 aliphatic heterocycles. The molecular formula is C20H17N3O5S. The Labute approximate surface area is 170 Å². The molecule has 0 aliphatic carbocycles. The van der Waals surface area contributed by atoms with Crippen molar-refractivity contribution in [3.8, 4) is 22.8 Å². The number of hydrogen-bond donors (Lipinski definition) is 1. The molecule has 0 fully saturated rings. The quantitative estimate of drug-likeness (QED) is 0.351. The number of nitro benzene ring substituents is 1. The maximum Gasteiger partial charge on any atom is 0.270 e. The number of non-ortho nitro benzene ring substituents is 1. The third kappa shape index (κ3) is 4.96. The normalized spacial score (nSPS) is 10.7. The third-order valence-corrected chi connectivity index (χ3v) is 4.68. The molecule has 0 bridgehead atoms. The Morgan fingerprint density at radius 2 is 2.03 bits per heavy atom. The van der Waals surface area contributed by atoms with E-state index in [1.165, 1.54) is 35.6 Å². The molecule has 1 heterocycles. The van der Waals surface area contributed by atoms with E-state index in [4.69, 9.17) is 9.47 Å². The first-order chi connectivity index (χ1) is 14.0. The molecule has 0 saturated carbocycles. The number of aromatic nitrogens is 1. The van der Waals surface area contributed by atoms with Gasteiger partial charge in [-0.05, 0) is 29.8 Å². The lowest BCUT2D eigenvalue weighted by Crippen LogP contribution is -2.07. The van der Waals surface area contributed by atoms with Crippen molar-refractivity contribution in [1.29, 1.82) is 0 Å². The Morgan fingerprint density at radius 3 is 2.76 bits per heavy atom. The molecule has 0 unspecified atom stereocenters. The number of hydrogen-bond acceptors (Lipinski definition) is 7. The van der Waals surface area contributed by atoms with Crippen molar-refractivity contribution in [3.63, 3.8) is 0 Å². The van der Waals surface area contributed by atoms with E-state index in [2.05, 4.69) is 10.3 Å². The molecule has 0 radical (unpaired) electrons. The summed E-state index contributed by atoms with van der Waals surface area (Å²) in [6, 6.07) is 11.4. The van der Waals surface area contributed by atoms with Crippen LogP contribution in [-0.2, 0) is 4.79 Å². The highest BCUT2D eigenvalue weighted by atomic mass is 32.1. The fourth-order valence-electron chi connectivity index (χ4n) is 2.53. The first-order valence-electron chi connectivity index (χ1n) is 8.41. The predicted molar refractivity (Wildman–Crippen MR) is 111 cm³/mol. The van der Waals surface area contributed by atoms with E-state index < -0.39 is 10.8 Å². The largest absolute Gasteiger partial charge is 0.497 e. The average Bonchev–Trinajstić information content (AvgIpc) is 3.20. The second kappa shape index (κ2) is 8.98. The summed E-state index contributed by atoms with van der Waals surface area (Å²) in [5, 5.41) is 15.7. The smallest absolute Gasteiger partial charge is 0.270 e. The van der Waals surface area contributed by atoms with Crippen molar-refractivity contribution in [2.75, 3.05) is 19.5 Å². The van der Waals surface area contributed by atoms with E-state index in [0.29, 0.717) is 27.9 Å². The molecule has 0 atom stereocenters. The van der Waals surface area contributed by atoms with Crippen LogP contribution in [0.5, 0.6) is 11.5 Å². The number of nitrogens with one attached hydrogen (secondary N) is 1. The molecule has 9 heteroatoms. The first-order valence-corrected chi connectivity index (χ1v) is 9.29. The standard InChI is InChI=1S/C20H17N3O5S/c1-27-15-7-8-18(28-2)16(11-15)17-12-29-20(21-17)22-19(24)9-6-13-4-3-5-14(10-13)23(25)26/h3-12H,1-2H3,(H,21,22,24). The molecule has 8 nitrogen and oxygen atoms in total. The molecule has 1 amide bonds. The Bertz CT molecular complexity index is 1080. The summed E-state index contributed by atoms with van der Waals surface area (Å²) in [7, 11) is 3.14. The lowest BCUT2D eigenvalue weighted by atomic mass is 10.1. The molecule has 29 heavy (non-hydrogen) atoms. The molecule has 148 valence electrons. The van der Waals surface area contributed by atoms with Crippen LogP contribution in [0.15, 0.2) is 53.9 Å². The number of nitrogens with zero attached hydrogens (tertiary/aromatic N) is 2. The van der Waals surface area contributed by atoms with Crippen LogP contribution in [0.2, 0.25) is 0 Å². The van der Waals surface area contributed by atoms with Crippen LogP contribution in [0.3, 0.4) is 0 Å². The highest BCUT2D eigenvalue weighted by molar-refractivity contribution is 7.14. The second-order valence-electron chi connectivity index (χ2n) is 5.78. The van der Waals surface area contributed by atoms with Gasteiger partial charge in [-0.3, -0.25) is 20.2 Å². The minimum atomic E-state index is -0.485. The Kier molecular flexibility index (Phi) is 6.20. The summed E-state index contributed by atoms with van der Waals surface area (Å²) in [6.45, 7) is 0. The fourth-order valence-corrected chi connectivity index (χ4v) is 3.24. The number of carbonyl (C=O) groups is 1. The lowest BCUT2D eigenvalue weighted by molar-refractivity contribution is -0.384. The first kappa shape index (κ1) is 20.0. The van der Waals surface area contributed by atoms with E-state index in [-0.39, 0.29) is 5.69 Å². The number of rotatable bonds is 7. The number of thiazole rings is 1. The van der Waals surface area contributed by atoms with Gasteiger partial charge in [0, 0.05) is 29.2 Å². The average molecular weight is 411 g/mol. The highest BCUT2D eigenvalue weighted by Gasteiger charge is 2.12. The van der Waals surface area contributed by atoms with E-state index >= 15 is 0 Å². The molecule has 0 saturated heterocycles. The number of ether oxygens (including phenoxy) is 2. The molecule has 1 N–H and O–H groups in total. The zero-order valence-electron chi connectivity index (χ0n) is 15.6. The Hall–Kier alpha value is -3.72. The van der Waals surface area contributed by atoms with Crippen molar-refractivity contribution in [1.82, 2.24) is 4.98 Å². The minimum Gasteiger partial charge on any atom is -0.497 e. The molecule has 3 rings (SSSR count). The van der Waals surface area contributed by atoms with Crippen LogP contribution in [0, 0.1) is 10.1 Å². The molecule has 2 aromatic carbocycles. The van der Waals surface area contributed by atoms with Gasteiger partial charge < -0.3 is 9.47 Å². The van der Waals surface area contributed by atoms with Crippen molar-refractivity contribution < 1.29 is 19.2 Å². The van der Waals surface area contributed by atoms with Gasteiger partial charge in [-0.25, -0.2) is 4.98 Å². The number of benzene rings is 2. The van der Waals surface area contributed by atoms with E-state index in [0.717, 1.165) is 5.56 Å². The number of carbonyl (C=O) groups excluding carboxylic acids is 1. The van der Waals surface area contributed by atoms with Gasteiger partial charge in [-0.1, -0.05) is 12.1 Å². The van der Waals surface area contributed by atoms with Gasteiger partial charge in [-0.2, -0.15) is 0 Å². The lowest BCUT2D eigenvalue weighted by Gasteiger charge is -2.08. The Balaban J connectivity index is 1.73. The number of anilines is 1. The summed E-state index contributed by atoms with van der Waals surface area (Å²) in [5.74, 6) is 0.911. The van der Waals surface area contributed by atoms with Crippen LogP contribution in [0.4, 0.5) is 10.8 Å². The molecule has 1 aromatic heterocycles. The zero-order valence-corrected chi connectivity index (χ0v) is 16.4. The van der Waals surface area contributed by atoms with Crippen LogP contribution in [-0.4, -0.2) is 30.0 Å². The summed E-state index contributed by atoms with van der Waals surface area (Å²) >= 11 is 1.27. The summed E-state index contributed by atoms with van der Waals surface area (Å²) < 4.78 is 10.6. The third-order valence-electron chi connectivity index (χ3n) is 3.93. The molecule has 3 aromatic rings. The molecule has 0 spiro atoms. The Morgan fingerprint density at radius 1 is 1.21 bits per heavy atom. The maximum atomic E-state index is 12.2. The van der Waals surface area contributed by atoms with Crippen LogP contribution < -0.4 is 14.8 Å².